The first-order chi connectivity index (χ1) is 24.8. The lowest BCUT2D eigenvalue weighted by atomic mass is 10.0. The molecular weight excluding hydrogens is 607 g/mol. The van der Waals surface area contributed by atoms with Crippen LogP contribution >= 0.6 is 0 Å². The molecule has 0 saturated heterocycles. The summed E-state index contributed by atoms with van der Waals surface area (Å²) in [5.41, 5.74) is 14.0. The predicted octanol–water partition coefficient (Wildman–Crippen LogP) is 12.3. The van der Waals surface area contributed by atoms with Crippen molar-refractivity contribution in [3.63, 3.8) is 0 Å². The lowest BCUT2D eigenvalue weighted by Crippen LogP contribution is -1.95. The Balaban J connectivity index is 1.10. The molecule has 10 rings (SSSR count). The number of aromatic nitrogens is 3. The van der Waals surface area contributed by atoms with Crippen molar-refractivity contribution >= 4 is 43.7 Å². The third-order valence-corrected chi connectivity index (χ3v) is 9.98. The highest BCUT2D eigenvalue weighted by Gasteiger charge is 2.17. The van der Waals surface area contributed by atoms with E-state index in [0.717, 1.165) is 27.9 Å². The first kappa shape index (κ1) is 28.3. The fourth-order valence-corrected chi connectivity index (χ4v) is 7.61. The minimum Gasteiger partial charge on any atom is -0.309 e. The molecule has 0 spiro atoms. The fourth-order valence-electron chi connectivity index (χ4n) is 7.61. The lowest BCUT2D eigenvalue weighted by Gasteiger charge is -2.11. The van der Waals surface area contributed by atoms with E-state index in [9.17, 15) is 0 Å². The molecule has 3 heteroatoms. The maximum Gasteiger partial charge on any atom is 0.145 e. The second-order valence-corrected chi connectivity index (χ2v) is 12.9. The van der Waals surface area contributed by atoms with Crippen molar-refractivity contribution in [3.05, 3.63) is 188 Å². The zero-order chi connectivity index (χ0) is 33.0. The van der Waals surface area contributed by atoms with Gasteiger partial charge in [-0.3, -0.25) is 4.57 Å². The molecule has 50 heavy (non-hydrogen) atoms. The summed E-state index contributed by atoms with van der Waals surface area (Å²) in [5, 5.41) is 4.83. The average Bonchev–Trinajstić information content (AvgIpc) is 3.71. The Bertz CT molecular complexity index is 2840. The second kappa shape index (κ2) is 11.5. The highest BCUT2D eigenvalue weighted by atomic mass is 15.0. The van der Waals surface area contributed by atoms with Gasteiger partial charge in [0.2, 0.25) is 0 Å². The van der Waals surface area contributed by atoms with Gasteiger partial charge in [-0.05, 0) is 100 Å². The van der Waals surface area contributed by atoms with Gasteiger partial charge in [-0.15, -0.1) is 0 Å². The molecule has 0 fully saturated rings. The molecule has 234 valence electrons. The summed E-state index contributed by atoms with van der Waals surface area (Å²) in [6.07, 6.45) is 1.89. The SMILES string of the molecule is c1ccc(-c2ccc(-n3c4ccc(-c5ccc6c(c5)c5ccccc5n6-c5cccc(-c6ccccc6)c5)cc4c4cccnc43)cc2)cc1. The van der Waals surface area contributed by atoms with Crippen molar-refractivity contribution in [2.75, 3.05) is 0 Å². The molecule has 10 aromatic rings. The van der Waals surface area contributed by atoms with Crippen LogP contribution < -0.4 is 0 Å². The zero-order valence-electron chi connectivity index (χ0n) is 27.2. The molecule has 0 aliphatic heterocycles. The van der Waals surface area contributed by atoms with Gasteiger partial charge in [-0.25, -0.2) is 4.98 Å². The molecule has 0 radical (unpaired) electrons. The summed E-state index contributed by atoms with van der Waals surface area (Å²) in [6, 6.07) is 65.4. The van der Waals surface area contributed by atoms with Gasteiger partial charge in [0.25, 0.3) is 0 Å². The third kappa shape index (κ3) is 4.56. The van der Waals surface area contributed by atoms with Gasteiger partial charge in [0, 0.05) is 39.1 Å². The Morgan fingerprint density at radius 2 is 0.820 bits per heavy atom. The van der Waals surface area contributed by atoms with Crippen molar-refractivity contribution in [2.24, 2.45) is 0 Å². The minimum absolute atomic E-state index is 0.961. The maximum atomic E-state index is 4.87. The first-order valence-electron chi connectivity index (χ1n) is 17.0. The summed E-state index contributed by atoms with van der Waals surface area (Å²) in [7, 11) is 0. The molecule has 0 amide bonds. The van der Waals surface area contributed by atoms with E-state index in [-0.39, 0.29) is 0 Å². The normalized spacial score (nSPS) is 11.6. The largest absolute Gasteiger partial charge is 0.309 e. The van der Waals surface area contributed by atoms with Gasteiger partial charge in [-0.1, -0.05) is 115 Å². The van der Waals surface area contributed by atoms with Gasteiger partial charge >= 0.3 is 0 Å². The second-order valence-electron chi connectivity index (χ2n) is 12.9. The predicted molar refractivity (Wildman–Crippen MR) is 209 cm³/mol. The first-order valence-corrected chi connectivity index (χ1v) is 17.0. The number of hydrogen-bond acceptors (Lipinski definition) is 1. The average molecular weight is 638 g/mol. The van der Waals surface area contributed by atoms with Crippen LogP contribution in [0.1, 0.15) is 0 Å². The van der Waals surface area contributed by atoms with Gasteiger partial charge in [-0.2, -0.15) is 0 Å². The third-order valence-electron chi connectivity index (χ3n) is 9.98. The van der Waals surface area contributed by atoms with Gasteiger partial charge in [0.15, 0.2) is 0 Å². The van der Waals surface area contributed by atoms with Gasteiger partial charge in [0.05, 0.1) is 16.6 Å². The number of rotatable bonds is 5. The van der Waals surface area contributed by atoms with E-state index in [2.05, 4.69) is 185 Å². The molecule has 0 aliphatic rings. The summed E-state index contributed by atoms with van der Waals surface area (Å²) in [5.74, 6) is 0. The quantitative estimate of drug-likeness (QED) is 0.184. The summed E-state index contributed by atoms with van der Waals surface area (Å²) < 4.78 is 4.68. The molecule has 3 nitrogen and oxygen atoms in total. The van der Waals surface area contributed by atoms with E-state index < -0.39 is 0 Å². The van der Waals surface area contributed by atoms with Crippen LogP contribution in [0.25, 0.3) is 88.5 Å². The van der Waals surface area contributed by atoms with E-state index in [1.165, 1.54) is 60.6 Å². The van der Waals surface area contributed by atoms with Crippen molar-refractivity contribution in [1.29, 1.82) is 0 Å². The Morgan fingerprint density at radius 1 is 0.300 bits per heavy atom. The Morgan fingerprint density at radius 3 is 1.56 bits per heavy atom. The van der Waals surface area contributed by atoms with Crippen molar-refractivity contribution in [2.45, 2.75) is 0 Å². The van der Waals surface area contributed by atoms with Crippen molar-refractivity contribution in [3.8, 4) is 44.8 Å². The van der Waals surface area contributed by atoms with Crippen LogP contribution in [0.5, 0.6) is 0 Å². The molecule has 3 aromatic heterocycles. The molecule has 0 N–H and O–H groups in total. The lowest BCUT2D eigenvalue weighted by molar-refractivity contribution is 1.14. The van der Waals surface area contributed by atoms with Crippen LogP contribution in [0.4, 0.5) is 0 Å². The van der Waals surface area contributed by atoms with Gasteiger partial charge < -0.3 is 4.57 Å². The van der Waals surface area contributed by atoms with Crippen LogP contribution in [0.2, 0.25) is 0 Å². The van der Waals surface area contributed by atoms with E-state index in [1.807, 2.05) is 12.3 Å². The number of para-hydroxylation sites is 1. The van der Waals surface area contributed by atoms with Crippen LogP contribution in [0.15, 0.2) is 188 Å². The monoisotopic (exact) mass is 637 g/mol. The van der Waals surface area contributed by atoms with E-state index in [0.29, 0.717) is 0 Å². The molecule has 0 unspecified atom stereocenters. The van der Waals surface area contributed by atoms with Crippen LogP contribution in [0.3, 0.4) is 0 Å². The Hall–Kier alpha value is -6.71. The summed E-state index contributed by atoms with van der Waals surface area (Å²) >= 11 is 0. The van der Waals surface area contributed by atoms with Crippen LogP contribution in [-0.4, -0.2) is 14.1 Å². The molecule has 0 atom stereocenters. The number of nitrogens with zero attached hydrogens (tertiary/aromatic N) is 3. The standard InChI is InChI=1S/C47H31N3/c1-3-11-32(12-4-1)34-20-24-38(25-21-34)50-46-27-23-37(31-43(46)41-18-10-28-48-47(41)50)36-22-26-45-42(30-36)40-17-7-8-19-44(40)49(45)39-16-9-15-35(29-39)33-13-5-2-6-14-33/h1-31H. The summed E-state index contributed by atoms with van der Waals surface area (Å²) in [6.45, 7) is 0. The fraction of sp³-hybridized carbons (Fsp3) is 0. The van der Waals surface area contributed by atoms with E-state index in [1.54, 1.807) is 0 Å². The molecule has 0 bridgehead atoms. The molecular formula is C47H31N3. The van der Waals surface area contributed by atoms with Crippen LogP contribution in [0, 0.1) is 0 Å². The minimum atomic E-state index is 0.961. The Labute approximate surface area is 290 Å². The van der Waals surface area contributed by atoms with Crippen molar-refractivity contribution in [1.82, 2.24) is 14.1 Å². The van der Waals surface area contributed by atoms with Crippen LogP contribution in [-0.2, 0) is 0 Å². The molecule has 0 aliphatic carbocycles. The van der Waals surface area contributed by atoms with Crippen molar-refractivity contribution < 1.29 is 0 Å². The smallest absolute Gasteiger partial charge is 0.145 e. The number of pyridine rings is 1. The highest BCUT2D eigenvalue weighted by molar-refractivity contribution is 6.12. The number of benzene rings is 7. The summed E-state index contributed by atoms with van der Waals surface area (Å²) in [4.78, 5) is 4.87. The Kier molecular flexibility index (Phi) is 6.49. The maximum absolute atomic E-state index is 4.87. The zero-order valence-corrected chi connectivity index (χ0v) is 27.2. The van der Waals surface area contributed by atoms with E-state index in [4.69, 9.17) is 4.98 Å². The van der Waals surface area contributed by atoms with E-state index >= 15 is 0 Å². The van der Waals surface area contributed by atoms with Gasteiger partial charge in [0.1, 0.15) is 5.65 Å². The highest BCUT2D eigenvalue weighted by Crippen LogP contribution is 2.38. The number of hydrogen-bond donors (Lipinski definition) is 0. The molecule has 3 heterocycles. The topological polar surface area (TPSA) is 22.8 Å². The molecule has 0 saturated carbocycles. The molecule has 7 aromatic carbocycles. The number of fused-ring (bicyclic) bond motifs is 6.